The van der Waals surface area contributed by atoms with Crippen LogP contribution in [0.25, 0.3) is 0 Å². The Morgan fingerprint density at radius 1 is 1.27 bits per heavy atom. The molecule has 1 amide bonds. The quantitative estimate of drug-likeness (QED) is 0.767. The highest BCUT2D eigenvalue weighted by atomic mass is 32.2. The summed E-state index contributed by atoms with van der Waals surface area (Å²) in [5.74, 6) is 1.13. The lowest BCUT2D eigenvalue weighted by molar-refractivity contribution is 0.0401. The second kappa shape index (κ2) is 4.79. The van der Waals surface area contributed by atoms with E-state index in [1.54, 1.807) is 11.0 Å². The number of likely N-dealkylation sites (N-methyl/N-ethyl adjacent to an activating group) is 1. The van der Waals surface area contributed by atoms with E-state index in [4.69, 9.17) is 4.52 Å². The van der Waals surface area contributed by atoms with Crippen LogP contribution in [-0.2, 0) is 9.84 Å². The highest BCUT2D eigenvalue weighted by Crippen LogP contribution is 2.40. The van der Waals surface area contributed by atoms with E-state index in [2.05, 4.69) is 5.16 Å². The minimum atomic E-state index is -3.09. The maximum Gasteiger partial charge on any atom is 0.276 e. The highest BCUT2D eigenvalue weighted by Gasteiger charge is 2.47. The van der Waals surface area contributed by atoms with Gasteiger partial charge in [-0.25, -0.2) is 8.42 Å². The van der Waals surface area contributed by atoms with E-state index in [0.29, 0.717) is 24.7 Å². The van der Waals surface area contributed by atoms with Crippen molar-refractivity contribution < 1.29 is 17.7 Å². The lowest BCUT2D eigenvalue weighted by atomic mass is 10.0. The predicted molar refractivity (Wildman–Crippen MR) is 78.4 cm³/mol. The largest absolute Gasteiger partial charge is 0.360 e. The zero-order valence-corrected chi connectivity index (χ0v) is 13.3. The minimum Gasteiger partial charge on any atom is -0.360 e. The Kier molecular flexibility index (Phi) is 3.09. The Morgan fingerprint density at radius 3 is 2.73 bits per heavy atom. The summed E-state index contributed by atoms with van der Waals surface area (Å²) in [6, 6.07) is 1.33. The van der Waals surface area contributed by atoms with Gasteiger partial charge in [0.2, 0.25) is 0 Å². The Hall–Kier alpha value is -1.41. The fourth-order valence-corrected chi connectivity index (χ4v) is 5.53. The molecule has 0 spiro atoms. The molecule has 0 N–H and O–H groups in total. The topological polar surface area (TPSA) is 83.7 Å². The van der Waals surface area contributed by atoms with Gasteiger partial charge in [0.05, 0.1) is 17.5 Å². The zero-order chi connectivity index (χ0) is 15.5. The van der Waals surface area contributed by atoms with Crippen LogP contribution in [-0.4, -0.2) is 73.0 Å². The summed E-state index contributed by atoms with van der Waals surface area (Å²) in [5, 5.41) is 3.89. The van der Waals surface area contributed by atoms with E-state index in [1.165, 1.54) is 0 Å². The number of hydrogen-bond acceptors (Lipinski definition) is 6. The standard InChI is InChI=1S/C14H19N3O4S/c1-16-4-5-17(12-8-22(19,20)7-11(12)16)14(18)10-6-13(21-15-10)9-2-3-9/h6,9,11-12H,2-5,7-8H2,1H3/t11-,12+/m0/s1. The van der Waals surface area contributed by atoms with Crippen molar-refractivity contribution in [1.82, 2.24) is 15.0 Å². The molecule has 2 aliphatic heterocycles. The van der Waals surface area contributed by atoms with Gasteiger partial charge in [-0.3, -0.25) is 9.69 Å². The zero-order valence-electron chi connectivity index (χ0n) is 12.4. The number of fused-ring (bicyclic) bond motifs is 1. The fourth-order valence-electron chi connectivity index (χ4n) is 3.48. The molecule has 120 valence electrons. The molecule has 4 rings (SSSR count). The van der Waals surface area contributed by atoms with Crippen molar-refractivity contribution in [3.05, 3.63) is 17.5 Å². The van der Waals surface area contributed by atoms with Crippen LogP contribution in [0.15, 0.2) is 10.6 Å². The average Bonchev–Trinajstić information content (AvgIpc) is 3.09. The molecule has 1 saturated carbocycles. The molecular weight excluding hydrogens is 306 g/mol. The summed E-state index contributed by atoms with van der Waals surface area (Å²) >= 11 is 0. The van der Waals surface area contributed by atoms with Crippen LogP contribution in [0, 0.1) is 0 Å². The van der Waals surface area contributed by atoms with Gasteiger partial charge in [-0.15, -0.1) is 0 Å². The van der Waals surface area contributed by atoms with Crippen molar-refractivity contribution in [2.24, 2.45) is 0 Å². The molecule has 0 aromatic carbocycles. The molecule has 0 bridgehead atoms. The number of amides is 1. The first-order chi connectivity index (χ1) is 10.4. The lowest BCUT2D eigenvalue weighted by Crippen LogP contribution is -2.59. The summed E-state index contributed by atoms with van der Waals surface area (Å²) in [7, 11) is -1.17. The van der Waals surface area contributed by atoms with Gasteiger partial charge in [0.1, 0.15) is 5.76 Å². The molecule has 0 unspecified atom stereocenters. The van der Waals surface area contributed by atoms with Crippen LogP contribution >= 0.6 is 0 Å². The number of sulfone groups is 1. The first-order valence-electron chi connectivity index (χ1n) is 7.63. The van der Waals surface area contributed by atoms with Gasteiger partial charge in [-0.1, -0.05) is 5.16 Å². The summed E-state index contributed by atoms with van der Waals surface area (Å²) in [6.07, 6.45) is 2.17. The second-order valence-electron chi connectivity index (χ2n) is 6.58. The van der Waals surface area contributed by atoms with Crippen LogP contribution in [0.2, 0.25) is 0 Å². The van der Waals surface area contributed by atoms with Gasteiger partial charge in [0, 0.05) is 31.1 Å². The highest BCUT2D eigenvalue weighted by molar-refractivity contribution is 7.91. The maximum atomic E-state index is 12.7. The number of carbonyl (C=O) groups excluding carboxylic acids is 1. The number of carbonyl (C=O) groups is 1. The van der Waals surface area contributed by atoms with Crippen molar-refractivity contribution in [2.45, 2.75) is 30.8 Å². The number of rotatable bonds is 2. The van der Waals surface area contributed by atoms with Gasteiger partial charge in [-0.05, 0) is 19.9 Å². The fraction of sp³-hybridized carbons (Fsp3) is 0.714. The monoisotopic (exact) mass is 325 g/mol. The first kappa shape index (κ1) is 14.2. The SMILES string of the molecule is CN1CCN(C(=O)c2cc(C3CC3)on2)[C@@H]2CS(=O)(=O)C[C@@H]21. The van der Waals surface area contributed by atoms with Crippen LogP contribution < -0.4 is 0 Å². The molecule has 3 fully saturated rings. The molecule has 3 heterocycles. The molecule has 7 nitrogen and oxygen atoms in total. The summed E-state index contributed by atoms with van der Waals surface area (Å²) < 4.78 is 29.1. The first-order valence-corrected chi connectivity index (χ1v) is 9.45. The number of hydrogen-bond donors (Lipinski definition) is 0. The van der Waals surface area contributed by atoms with E-state index >= 15 is 0 Å². The predicted octanol–water partition coefficient (Wildman–Crippen LogP) is 0.105. The van der Waals surface area contributed by atoms with Crippen LogP contribution in [0.5, 0.6) is 0 Å². The van der Waals surface area contributed by atoms with E-state index in [-0.39, 0.29) is 29.5 Å². The van der Waals surface area contributed by atoms with Gasteiger partial charge >= 0.3 is 0 Å². The van der Waals surface area contributed by atoms with E-state index in [0.717, 1.165) is 18.6 Å². The van der Waals surface area contributed by atoms with Crippen molar-refractivity contribution >= 4 is 15.7 Å². The van der Waals surface area contributed by atoms with Crippen molar-refractivity contribution in [3.63, 3.8) is 0 Å². The van der Waals surface area contributed by atoms with Crippen molar-refractivity contribution in [3.8, 4) is 0 Å². The molecule has 1 aromatic heterocycles. The third-order valence-corrected chi connectivity index (χ3v) is 6.64. The molecular formula is C14H19N3O4S. The maximum absolute atomic E-state index is 12.7. The van der Waals surface area contributed by atoms with Gasteiger partial charge in [0.25, 0.3) is 5.91 Å². The molecule has 3 aliphatic rings. The van der Waals surface area contributed by atoms with Crippen molar-refractivity contribution in [1.29, 1.82) is 0 Å². The lowest BCUT2D eigenvalue weighted by Gasteiger charge is -2.41. The Balaban J connectivity index is 1.59. The van der Waals surface area contributed by atoms with E-state index in [1.807, 2.05) is 11.9 Å². The number of piperazine rings is 1. The van der Waals surface area contributed by atoms with Crippen LogP contribution in [0.3, 0.4) is 0 Å². The Bertz CT molecular complexity index is 709. The van der Waals surface area contributed by atoms with Gasteiger partial charge in [-0.2, -0.15) is 0 Å². The molecule has 8 heteroatoms. The van der Waals surface area contributed by atoms with Crippen molar-refractivity contribution in [2.75, 3.05) is 31.6 Å². The molecule has 2 saturated heterocycles. The van der Waals surface area contributed by atoms with E-state index in [9.17, 15) is 13.2 Å². The third kappa shape index (κ3) is 2.34. The summed E-state index contributed by atoms with van der Waals surface area (Å²) in [5.41, 5.74) is 0.300. The summed E-state index contributed by atoms with van der Waals surface area (Å²) in [4.78, 5) is 16.4. The third-order valence-electron chi connectivity index (χ3n) is 4.94. The normalized spacial score (nSPS) is 31.2. The van der Waals surface area contributed by atoms with Crippen LogP contribution in [0.4, 0.5) is 0 Å². The molecule has 22 heavy (non-hydrogen) atoms. The molecule has 2 atom stereocenters. The van der Waals surface area contributed by atoms with E-state index < -0.39 is 9.84 Å². The average molecular weight is 325 g/mol. The van der Waals surface area contributed by atoms with Crippen LogP contribution in [0.1, 0.15) is 35.0 Å². The number of nitrogens with zero attached hydrogens (tertiary/aromatic N) is 3. The molecule has 1 aliphatic carbocycles. The second-order valence-corrected chi connectivity index (χ2v) is 8.73. The summed E-state index contributed by atoms with van der Waals surface area (Å²) in [6.45, 7) is 1.20. The minimum absolute atomic E-state index is 0.0427. The number of aromatic nitrogens is 1. The Labute approximate surface area is 129 Å². The van der Waals surface area contributed by atoms with Gasteiger partial charge < -0.3 is 9.42 Å². The molecule has 0 radical (unpaired) electrons. The molecule has 1 aromatic rings. The Morgan fingerprint density at radius 2 is 2.00 bits per heavy atom. The smallest absolute Gasteiger partial charge is 0.276 e. The van der Waals surface area contributed by atoms with Gasteiger partial charge in [0.15, 0.2) is 15.5 Å².